The number of ketones is 1. The fourth-order valence-electron chi connectivity index (χ4n) is 2.83. The predicted molar refractivity (Wildman–Crippen MR) is 55.0 cm³/mol. The number of carbonyl (C=O) groups is 1. The Labute approximate surface area is 85.3 Å². The summed E-state index contributed by atoms with van der Waals surface area (Å²) in [4.78, 5) is 11.9. The van der Waals surface area contributed by atoms with Gasteiger partial charge >= 0.3 is 0 Å². The monoisotopic (exact) mass is 194 g/mol. The molecule has 0 amide bonds. The average Bonchev–Trinajstić information content (AvgIpc) is 2.81. The Bertz CT molecular complexity index is 259. The summed E-state index contributed by atoms with van der Waals surface area (Å²) in [7, 11) is 0. The standard InChI is InChI=1S/C12H18O2/c1-3-5-12-8-9(12)6-10(14-4-2)7-11(12)13/h3,9-10H,1,4-8H2,2H3/t9-,10+,12+/m0/s1. The molecule has 0 N–H and O–H groups in total. The Morgan fingerprint density at radius 1 is 1.71 bits per heavy atom. The highest BCUT2D eigenvalue weighted by atomic mass is 16.5. The van der Waals surface area contributed by atoms with E-state index in [4.69, 9.17) is 4.74 Å². The summed E-state index contributed by atoms with van der Waals surface area (Å²) in [6.07, 6.45) is 5.72. The number of hydrogen-bond acceptors (Lipinski definition) is 2. The first-order valence-electron chi connectivity index (χ1n) is 5.48. The molecule has 2 fully saturated rings. The highest BCUT2D eigenvalue weighted by molar-refractivity contribution is 5.89. The summed E-state index contributed by atoms with van der Waals surface area (Å²) in [5.41, 5.74) is -0.00461. The van der Waals surface area contributed by atoms with E-state index >= 15 is 0 Å². The molecule has 0 spiro atoms. The lowest BCUT2D eigenvalue weighted by Gasteiger charge is -2.26. The second-order valence-electron chi connectivity index (χ2n) is 4.49. The van der Waals surface area contributed by atoms with Crippen molar-refractivity contribution >= 4 is 5.78 Å². The van der Waals surface area contributed by atoms with E-state index in [0.717, 1.165) is 25.9 Å². The molecule has 14 heavy (non-hydrogen) atoms. The molecule has 0 radical (unpaired) electrons. The first kappa shape index (κ1) is 9.91. The topological polar surface area (TPSA) is 26.3 Å². The highest BCUT2D eigenvalue weighted by Gasteiger charge is 2.61. The number of allylic oxidation sites excluding steroid dienone is 1. The Morgan fingerprint density at radius 2 is 2.50 bits per heavy atom. The van der Waals surface area contributed by atoms with Crippen molar-refractivity contribution in [3.05, 3.63) is 12.7 Å². The van der Waals surface area contributed by atoms with E-state index in [1.54, 1.807) is 0 Å². The molecule has 0 saturated heterocycles. The normalized spacial score (nSPS) is 40.5. The molecule has 0 aliphatic heterocycles. The SMILES string of the molecule is C=CC[C@@]12C[C@@H]1C[C@@H](OCC)CC2=O. The van der Waals surface area contributed by atoms with Crippen LogP contribution in [-0.2, 0) is 9.53 Å². The third-order valence-corrected chi connectivity index (χ3v) is 3.66. The fourth-order valence-corrected chi connectivity index (χ4v) is 2.83. The first-order valence-corrected chi connectivity index (χ1v) is 5.48. The van der Waals surface area contributed by atoms with E-state index in [9.17, 15) is 4.79 Å². The zero-order valence-corrected chi connectivity index (χ0v) is 8.79. The number of Topliss-reactive ketones (excluding diaryl/α,β-unsaturated/α-hetero) is 1. The molecule has 2 heteroatoms. The van der Waals surface area contributed by atoms with Crippen LogP contribution in [0, 0.1) is 11.3 Å². The molecule has 0 aromatic rings. The minimum absolute atomic E-state index is 0.00461. The predicted octanol–water partition coefficient (Wildman–Crippen LogP) is 2.34. The van der Waals surface area contributed by atoms with Gasteiger partial charge in [-0.1, -0.05) is 6.08 Å². The Hall–Kier alpha value is -0.630. The van der Waals surface area contributed by atoms with Crippen LogP contribution >= 0.6 is 0 Å². The molecule has 2 rings (SSSR count). The van der Waals surface area contributed by atoms with Crippen molar-refractivity contribution in [2.45, 2.75) is 38.7 Å². The van der Waals surface area contributed by atoms with E-state index in [-0.39, 0.29) is 11.5 Å². The summed E-state index contributed by atoms with van der Waals surface area (Å²) in [6.45, 7) is 6.44. The van der Waals surface area contributed by atoms with Gasteiger partial charge in [-0.15, -0.1) is 6.58 Å². The molecular weight excluding hydrogens is 176 g/mol. The Morgan fingerprint density at radius 3 is 3.07 bits per heavy atom. The maximum Gasteiger partial charge on any atom is 0.142 e. The third kappa shape index (κ3) is 1.42. The van der Waals surface area contributed by atoms with Gasteiger partial charge in [-0.3, -0.25) is 4.79 Å². The first-order chi connectivity index (χ1) is 6.73. The van der Waals surface area contributed by atoms with Gasteiger partial charge in [0.1, 0.15) is 5.78 Å². The minimum Gasteiger partial charge on any atom is -0.378 e. The molecule has 3 atom stereocenters. The summed E-state index contributed by atoms with van der Waals surface area (Å²) in [5.74, 6) is 0.991. The van der Waals surface area contributed by atoms with Crippen LogP contribution in [0.4, 0.5) is 0 Å². The molecule has 0 unspecified atom stereocenters. The van der Waals surface area contributed by atoms with Gasteiger partial charge in [-0.25, -0.2) is 0 Å². The summed E-state index contributed by atoms with van der Waals surface area (Å²) < 4.78 is 5.53. The number of carbonyl (C=O) groups excluding carboxylic acids is 1. The van der Waals surface area contributed by atoms with Crippen LogP contribution < -0.4 is 0 Å². The fraction of sp³-hybridized carbons (Fsp3) is 0.750. The van der Waals surface area contributed by atoms with Crippen molar-refractivity contribution in [3.8, 4) is 0 Å². The number of fused-ring (bicyclic) bond motifs is 1. The van der Waals surface area contributed by atoms with Crippen LogP contribution in [0.5, 0.6) is 0 Å². The zero-order valence-electron chi connectivity index (χ0n) is 8.79. The van der Waals surface area contributed by atoms with Crippen molar-refractivity contribution < 1.29 is 9.53 Å². The quantitative estimate of drug-likeness (QED) is 0.642. The molecular formula is C12H18O2. The lowest BCUT2D eigenvalue weighted by atomic mass is 9.83. The van der Waals surface area contributed by atoms with Gasteiger partial charge in [0.05, 0.1) is 6.10 Å². The lowest BCUT2D eigenvalue weighted by Crippen LogP contribution is -2.31. The van der Waals surface area contributed by atoms with Gasteiger partial charge in [0.15, 0.2) is 0 Å². The molecule has 2 aliphatic rings. The second-order valence-corrected chi connectivity index (χ2v) is 4.49. The van der Waals surface area contributed by atoms with Gasteiger partial charge in [0.25, 0.3) is 0 Å². The van der Waals surface area contributed by atoms with E-state index < -0.39 is 0 Å². The highest BCUT2D eigenvalue weighted by Crippen LogP contribution is 2.61. The molecule has 78 valence electrons. The van der Waals surface area contributed by atoms with Crippen LogP contribution in [0.25, 0.3) is 0 Å². The van der Waals surface area contributed by atoms with Gasteiger partial charge in [-0.05, 0) is 32.1 Å². The Kier molecular flexibility index (Phi) is 2.48. The van der Waals surface area contributed by atoms with Crippen LogP contribution in [0.2, 0.25) is 0 Å². The van der Waals surface area contributed by atoms with E-state index in [1.807, 2.05) is 13.0 Å². The summed E-state index contributed by atoms with van der Waals surface area (Å²) >= 11 is 0. The van der Waals surface area contributed by atoms with Gasteiger partial charge in [0.2, 0.25) is 0 Å². The van der Waals surface area contributed by atoms with E-state index in [2.05, 4.69) is 6.58 Å². The Balaban J connectivity index is 1.99. The molecule has 0 aromatic heterocycles. The summed E-state index contributed by atoms with van der Waals surface area (Å²) in [6, 6.07) is 0. The molecule has 2 aliphatic carbocycles. The van der Waals surface area contributed by atoms with Gasteiger partial charge in [0, 0.05) is 18.4 Å². The minimum atomic E-state index is -0.00461. The van der Waals surface area contributed by atoms with Crippen LogP contribution in [-0.4, -0.2) is 18.5 Å². The molecule has 0 heterocycles. The molecule has 0 aromatic carbocycles. The van der Waals surface area contributed by atoms with Crippen molar-refractivity contribution in [1.29, 1.82) is 0 Å². The largest absolute Gasteiger partial charge is 0.378 e. The van der Waals surface area contributed by atoms with Gasteiger partial charge in [-0.2, -0.15) is 0 Å². The van der Waals surface area contributed by atoms with Crippen LogP contribution in [0.15, 0.2) is 12.7 Å². The summed E-state index contributed by atoms with van der Waals surface area (Å²) in [5, 5.41) is 0. The van der Waals surface area contributed by atoms with Crippen LogP contribution in [0.1, 0.15) is 32.6 Å². The maximum atomic E-state index is 11.9. The van der Waals surface area contributed by atoms with E-state index in [1.165, 1.54) is 0 Å². The molecule has 0 bridgehead atoms. The molecule has 2 saturated carbocycles. The number of hydrogen-bond donors (Lipinski definition) is 0. The zero-order chi connectivity index (χ0) is 10.2. The maximum absolute atomic E-state index is 11.9. The third-order valence-electron chi connectivity index (χ3n) is 3.66. The van der Waals surface area contributed by atoms with Crippen molar-refractivity contribution in [2.75, 3.05) is 6.61 Å². The molecule has 2 nitrogen and oxygen atoms in total. The number of ether oxygens (including phenoxy) is 1. The smallest absolute Gasteiger partial charge is 0.142 e. The number of rotatable bonds is 4. The van der Waals surface area contributed by atoms with E-state index in [0.29, 0.717) is 18.1 Å². The van der Waals surface area contributed by atoms with Gasteiger partial charge < -0.3 is 4.74 Å². The van der Waals surface area contributed by atoms with Crippen molar-refractivity contribution in [3.63, 3.8) is 0 Å². The van der Waals surface area contributed by atoms with Crippen LogP contribution in [0.3, 0.4) is 0 Å². The second kappa shape index (κ2) is 3.50. The average molecular weight is 194 g/mol. The van der Waals surface area contributed by atoms with Crippen molar-refractivity contribution in [1.82, 2.24) is 0 Å². The lowest BCUT2D eigenvalue weighted by molar-refractivity contribution is -0.130. The van der Waals surface area contributed by atoms with Crippen molar-refractivity contribution in [2.24, 2.45) is 11.3 Å².